The fraction of sp³-hybridized carbons (Fsp3) is 0.533. The Balaban J connectivity index is 2.03. The van der Waals surface area contributed by atoms with Gasteiger partial charge in [0.2, 0.25) is 5.91 Å². The number of rotatable bonds is 2. The normalized spacial score (nSPS) is 17.2. The Morgan fingerprint density at radius 2 is 1.89 bits per heavy atom. The van der Waals surface area contributed by atoms with Gasteiger partial charge in [-0.05, 0) is 37.5 Å². The lowest BCUT2D eigenvalue weighted by molar-refractivity contribution is -0.120. The van der Waals surface area contributed by atoms with Crippen LogP contribution in [0.4, 0.5) is 11.4 Å². The van der Waals surface area contributed by atoms with Gasteiger partial charge in [0, 0.05) is 5.92 Å². The molecule has 3 N–H and O–H groups in total. The van der Waals surface area contributed by atoms with Crippen LogP contribution >= 0.6 is 0 Å². The molecule has 0 spiro atoms. The maximum absolute atomic E-state index is 12.2. The molecule has 98 valence electrons. The molecule has 3 heteroatoms. The number of nitrogen functional groups attached to an aromatic ring is 1. The van der Waals surface area contributed by atoms with Gasteiger partial charge in [0.05, 0.1) is 11.4 Å². The third-order valence-electron chi connectivity index (χ3n) is 3.69. The number of nitrogens with one attached hydrogen (secondary N) is 1. The van der Waals surface area contributed by atoms with Crippen LogP contribution in [-0.2, 0) is 4.79 Å². The van der Waals surface area contributed by atoms with Crippen molar-refractivity contribution in [2.75, 3.05) is 11.1 Å². The zero-order chi connectivity index (χ0) is 13.0. The molecule has 2 rings (SSSR count). The first-order chi connectivity index (χ1) is 8.66. The molecule has 1 amide bonds. The van der Waals surface area contributed by atoms with Crippen LogP contribution in [0.2, 0.25) is 0 Å². The highest BCUT2D eigenvalue weighted by atomic mass is 16.1. The number of benzene rings is 1. The molecule has 0 saturated heterocycles. The van der Waals surface area contributed by atoms with Crippen molar-refractivity contribution in [2.45, 2.75) is 45.4 Å². The highest BCUT2D eigenvalue weighted by molar-refractivity contribution is 5.95. The first-order valence-electron chi connectivity index (χ1n) is 6.84. The number of nitrogens with two attached hydrogens (primary N) is 1. The smallest absolute Gasteiger partial charge is 0.227 e. The molecular formula is C15H22N2O. The van der Waals surface area contributed by atoms with Crippen molar-refractivity contribution in [3.8, 4) is 0 Å². The predicted molar refractivity (Wildman–Crippen MR) is 75.4 cm³/mol. The van der Waals surface area contributed by atoms with E-state index in [4.69, 9.17) is 5.73 Å². The second-order valence-electron chi connectivity index (χ2n) is 5.27. The van der Waals surface area contributed by atoms with E-state index in [2.05, 4.69) is 5.32 Å². The van der Waals surface area contributed by atoms with E-state index >= 15 is 0 Å². The van der Waals surface area contributed by atoms with Crippen molar-refractivity contribution in [3.63, 3.8) is 0 Å². The second kappa shape index (κ2) is 5.89. The zero-order valence-corrected chi connectivity index (χ0v) is 11.0. The molecule has 1 saturated carbocycles. The lowest BCUT2D eigenvalue weighted by Gasteiger charge is -2.15. The number of carbonyl (C=O) groups excluding carboxylic acids is 1. The molecule has 0 atom stereocenters. The molecule has 1 aromatic rings. The average molecular weight is 246 g/mol. The van der Waals surface area contributed by atoms with Crippen LogP contribution in [-0.4, -0.2) is 5.91 Å². The summed E-state index contributed by atoms with van der Waals surface area (Å²) < 4.78 is 0. The lowest BCUT2D eigenvalue weighted by Crippen LogP contribution is -2.22. The van der Waals surface area contributed by atoms with Gasteiger partial charge >= 0.3 is 0 Å². The molecule has 0 bridgehead atoms. The summed E-state index contributed by atoms with van der Waals surface area (Å²) >= 11 is 0. The molecule has 0 heterocycles. The van der Waals surface area contributed by atoms with Gasteiger partial charge in [0.1, 0.15) is 0 Å². The number of aryl methyl sites for hydroxylation is 1. The molecule has 0 aliphatic heterocycles. The summed E-state index contributed by atoms with van der Waals surface area (Å²) in [5.74, 6) is 0.293. The van der Waals surface area contributed by atoms with Crippen LogP contribution in [0.15, 0.2) is 18.2 Å². The second-order valence-corrected chi connectivity index (χ2v) is 5.27. The summed E-state index contributed by atoms with van der Waals surface area (Å²) in [4.78, 5) is 12.2. The SMILES string of the molecule is Cc1ccc(N)c(NC(=O)C2CCCCCC2)c1. The average Bonchev–Trinajstić information content (AvgIpc) is 2.62. The van der Waals surface area contributed by atoms with Gasteiger partial charge in [-0.25, -0.2) is 0 Å². The van der Waals surface area contributed by atoms with Crippen molar-refractivity contribution < 1.29 is 4.79 Å². The highest BCUT2D eigenvalue weighted by Gasteiger charge is 2.20. The minimum Gasteiger partial charge on any atom is -0.397 e. The molecule has 1 aliphatic carbocycles. The van der Waals surface area contributed by atoms with Gasteiger partial charge in [-0.3, -0.25) is 4.79 Å². The monoisotopic (exact) mass is 246 g/mol. The predicted octanol–water partition coefficient (Wildman–Crippen LogP) is 3.49. The first-order valence-corrected chi connectivity index (χ1v) is 6.84. The summed E-state index contributed by atoms with van der Waals surface area (Å²) in [5, 5.41) is 2.98. The Hall–Kier alpha value is -1.51. The van der Waals surface area contributed by atoms with E-state index in [1.807, 2.05) is 25.1 Å². The van der Waals surface area contributed by atoms with E-state index in [0.29, 0.717) is 5.69 Å². The van der Waals surface area contributed by atoms with Crippen molar-refractivity contribution >= 4 is 17.3 Å². The Labute approximate surface area is 109 Å². The molecule has 0 aromatic heterocycles. The maximum Gasteiger partial charge on any atom is 0.227 e. The summed E-state index contributed by atoms with van der Waals surface area (Å²) in [6.45, 7) is 2.00. The van der Waals surface area contributed by atoms with Crippen LogP contribution < -0.4 is 11.1 Å². The van der Waals surface area contributed by atoms with Gasteiger partial charge < -0.3 is 11.1 Å². The van der Waals surface area contributed by atoms with Crippen LogP contribution in [0.5, 0.6) is 0 Å². The summed E-state index contributed by atoms with van der Waals surface area (Å²) in [6, 6.07) is 5.73. The molecule has 1 fully saturated rings. The maximum atomic E-state index is 12.2. The van der Waals surface area contributed by atoms with Gasteiger partial charge in [0.15, 0.2) is 0 Å². The molecule has 3 nitrogen and oxygen atoms in total. The van der Waals surface area contributed by atoms with E-state index in [0.717, 1.165) is 24.1 Å². The Morgan fingerprint density at radius 3 is 2.56 bits per heavy atom. The zero-order valence-electron chi connectivity index (χ0n) is 11.0. The van der Waals surface area contributed by atoms with Crippen LogP contribution in [0.3, 0.4) is 0 Å². The standard InChI is InChI=1S/C15H22N2O/c1-11-8-9-13(16)14(10-11)17-15(18)12-6-4-2-3-5-7-12/h8-10,12H,2-7,16H2,1H3,(H,17,18). The minimum absolute atomic E-state index is 0.134. The van der Waals surface area contributed by atoms with Gasteiger partial charge in [-0.15, -0.1) is 0 Å². The summed E-state index contributed by atoms with van der Waals surface area (Å²) in [5.41, 5.74) is 8.39. The highest BCUT2D eigenvalue weighted by Crippen LogP contribution is 2.26. The number of amides is 1. The van der Waals surface area contributed by atoms with Gasteiger partial charge in [-0.2, -0.15) is 0 Å². The topological polar surface area (TPSA) is 55.1 Å². The van der Waals surface area contributed by atoms with E-state index in [1.54, 1.807) is 0 Å². The van der Waals surface area contributed by atoms with E-state index < -0.39 is 0 Å². The van der Waals surface area contributed by atoms with Crippen LogP contribution in [0.1, 0.15) is 44.1 Å². The Bertz CT molecular complexity index is 421. The fourth-order valence-corrected chi connectivity index (χ4v) is 2.55. The van der Waals surface area contributed by atoms with Crippen molar-refractivity contribution in [1.29, 1.82) is 0 Å². The van der Waals surface area contributed by atoms with Gasteiger partial charge in [-0.1, -0.05) is 31.7 Å². The number of hydrogen-bond donors (Lipinski definition) is 2. The van der Waals surface area contributed by atoms with Crippen molar-refractivity contribution in [2.24, 2.45) is 5.92 Å². The number of anilines is 2. The third kappa shape index (κ3) is 3.25. The molecule has 0 radical (unpaired) electrons. The number of hydrogen-bond acceptors (Lipinski definition) is 2. The molecule has 18 heavy (non-hydrogen) atoms. The van der Waals surface area contributed by atoms with E-state index in [-0.39, 0.29) is 11.8 Å². The minimum atomic E-state index is 0.134. The Kier molecular flexibility index (Phi) is 4.24. The van der Waals surface area contributed by atoms with Gasteiger partial charge in [0.25, 0.3) is 0 Å². The van der Waals surface area contributed by atoms with Crippen molar-refractivity contribution in [1.82, 2.24) is 0 Å². The van der Waals surface area contributed by atoms with Crippen LogP contribution in [0, 0.1) is 12.8 Å². The quantitative estimate of drug-likeness (QED) is 0.620. The molecular weight excluding hydrogens is 224 g/mol. The molecule has 1 aliphatic rings. The number of carbonyl (C=O) groups is 1. The molecule has 1 aromatic carbocycles. The van der Waals surface area contributed by atoms with E-state index in [1.165, 1.54) is 25.7 Å². The molecule has 0 unspecified atom stereocenters. The summed E-state index contributed by atoms with van der Waals surface area (Å²) in [7, 11) is 0. The Morgan fingerprint density at radius 1 is 1.22 bits per heavy atom. The largest absolute Gasteiger partial charge is 0.397 e. The fourth-order valence-electron chi connectivity index (χ4n) is 2.55. The van der Waals surface area contributed by atoms with E-state index in [9.17, 15) is 4.79 Å². The van der Waals surface area contributed by atoms with Crippen molar-refractivity contribution in [3.05, 3.63) is 23.8 Å². The third-order valence-corrected chi connectivity index (χ3v) is 3.69. The summed E-state index contributed by atoms with van der Waals surface area (Å²) in [6.07, 6.45) is 6.88. The lowest BCUT2D eigenvalue weighted by atomic mass is 9.99. The van der Waals surface area contributed by atoms with Crippen LogP contribution in [0.25, 0.3) is 0 Å². The first kappa shape index (κ1) is 12.9.